The molecule has 0 aliphatic carbocycles. The molecule has 186 valence electrons. The molecule has 0 N–H and O–H groups in total. The second kappa shape index (κ2) is 9.21. The first-order chi connectivity index (χ1) is 18.0. The lowest BCUT2D eigenvalue weighted by Crippen LogP contribution is -2.21. The van der Waals surface area contributed by atoms with E-state index in [0.29, 0.717) is 27.3 Å². The number of benzene rings is 3. The smallest absolute Gasteiger partial charge is 0.349 e. The Morgan fingerprint density at radius 1 is 1.05 bits per heavy atom. The minimum Gasteiger partial charge on any atom is -0.466 e. The number of nitrogens with zero attached hydrogens (tertiary/aromatic N) is 2. The molecule has 0 bridgehead atoms. The molecule has 3 aromatic carbocycles. The molecule has 0 saturated heterocycles. The van der Waals surface area contributed by atoms with Gasteiger partial charge in [0.25, 0.3) is 5.91 Å². The summed E-state index contributed by atoms with van der Waals surface area (Å²) in [6.45, 7) is 2.36. The van der Waals surface area contributed by atoms with Crippen LogP contribution in [0.1, 0.15) is 23.7 Å². The van der Waals surface area contributed by atoms with Crippen LogP contribution in [0.2, 0.25) is 0 Å². The first-order valence-electron chi connectivity index (χ1n) is 11.6. The number of aromatic nitrogens is 1. The van der Waals surface area contributed by atoms with Crippen molar-refractivity contribution in [3.05, 3.63) is 75.4 Å². The highest BCUT2D eigenvalue weighted by Gasteiger charge is 2.20. The molecule has 0 spiro atoms. The van der Waals surface area contributed by atoms with Gasteiger partial charge in [-0.15, -0.1) is 0 Å². The van der Waals surface area contributed by atoms with E-state index in [9.17, 15) is 14.4 Å². The van der Waals surface area contributed by atoms with E-state index in [2.05, 4.69) is 4.99 Å². The molecule has 0 saturated carbocycles. The summed E-state index contributed by atoms with van der Waals surface area (Å²) in [5.74, 6) is 0.0517. The van der Waals surface area contributed by atoms with Crippen molar-refractivity contribution in [2.24, 2.45) is 4.99 Å². The summed E-state index contributed by atoms with van der Waals surface area (Å²) in [5, 5.41) is 2.46. The lowest BCUT2D eigenvalue weighted by Gasteiger charge is -2.06. The van der Waals surface area contributed by atoms with Crippen molar-refractivity contribution in [1.82, 2.24) is 4.57 Å². The highest BCUT2D eigenvalue weighted by Crippen LogP contribution is 2.37. The first-order valence-corrected chi connectivity index (χ1v) is 12.5. The number of carbonyl (C=O) groups excluding carboxylic acids is 2. The van der Waals surface area contributed by atoms with Gasteiger partial charge >= 0.3 is 11.6 Å². The molecular formula is C27H20N2O7S. The van der Waals surface area contributed by atoms with Crippen molar-refractivity contribution in [3.63, 3.8) is 0 Å². The van der Waals surface area contributed by atoms with Crippen LogP contribution in [0.25, 0.3) is 32.0 Å². The third-order valence-electron chi connectivity index (χ3n) is 6.09. The molecule has 1 aliphatic heterocycles. The van der Waals surface area contributed by atoms with Gasteiger partial charge in [-0.25, -0.2) is 4.79 Å². The predicted octanol–water partition coefficient (Wildman–Crippen LogP) is 4.39. The van der Waals surface area contributed by atoms with Crippen LogP contribution in [0.15, 0.2) is 68.8 Å². The highest BCUT2D eigenvalue weighted by molar-refractivity contribution is 7.16. The van der Waals surface area contributed by atoms with Crippen molar-refractivity contribution >= 4 is 55.2 Å². The van der Waals surface area contributed by atoms with Gasteiger partial charge in [-0.2, -0.15) is 4.99 Å². The maximum absolute atomic E-state index is 13.3. The number of carbonyl (C=O) groups is 2. The molecule has 1 aliphatic rings. The lowest BCUT2D eigenvalue weighted by atomic mass is 10.0. The summed E-state index contributed by atoms with van der Waals surface area (Å²) < 4.78 is 24.1. The molecule has 1 amide bonds. The van der Waals surface area contributed by atoms with Crippen molar-refractivity contribution in [3.8, 4) is 11.5 Å². The summed E-state index contributed by atoms with van der Waals surface area (Å²) in [6, 6.07) is 16.3. The van der Waals surface area contributed by atoms with Gasteiger partial charge in [-0.05, 0) is 29.8 Å². The molecule has 6 rings (SSSR count). The quantitative estimate of drug-likeness (QED) is 0.194. The van der Waals surface area contributed by atoms with E-state index in [0.717, 1.165) is 21.0 Å². The first kappa shape index (κ1) is 23.0. The molecule has 0 unspecified atom stereocenters. The standard InChI is InChI=1S/C27H20N2O7S/c1-2-33-24(30)9-10-29-19-12-21-22(35-14-34-21)13-23(19)37-27(29)28-25(31)18-11-17-16-6-4-3-5-15(16)7-8-20(17)36-26(18)32/h3-8,11-13H,2,9-10,14H2,1H3. The summed E-state index contributed by atoms with van der Waals surface area (Å²) in [4.78, 5) is 42.7. The van der Waals surface area contributed by atoms with Crippen LogP contribution in [-0.4, -0.2) is 29.8 Å². The average Bonchev–Trinajstić information content (AvgIpc) is 3.48. The minimum absolute atomic E-state index is 0.0829. The van der Waals surface area contributed by atoms with Crippen molar-refractivity contribution < 1.29 is 28.2 Å². The summed E-state index contributed by atoms with van der Waals surface area (Å²) in [7, 11) is 0. The number of thiazole rings is 1. The molecule has 0 atom stereocenters. The van der Waals surface area contributed by atoms with Crippen molar-refractivity contribution in [2.75, 3.05) is 13.4 Å². The Labute approximate surface area is 213 Å². The van der Waals surface area contributed by atoms with Gasteiger partial charge < -0.3 is 23.2 Å². The molecule has 10 heteroatoms. The lowest BCUT2D eigenvalue weighted by molar-refractivity contribution is -0.143. The van der Waals surface area contributed by atoms with E-state index in [4.69, 9.17) is 18.6 Å². The predicted molar refractivity (Wildman–Crippen MR) is 137 cm³/mol. The highest BCUT2D eigenvalue weighted by atomic mass is 32.1. The second-order valence-electron chi connectivity index (χ2n) is 8.33. The Balaban J connectivity index is 1.48. The molecule has 0 radical (unpaired) electrons. The maximum Gasteiger partial charge on any atom is 0.349 e. The van der Waals surface area contributed by atoms with Crippen LogP contribution >= 0.6 is 11.3 Å². The van der Waals surface area contributed by atoms with E-state index >= 15 is 0 Å². The second-order valence-corrected chi connectivity index (χ2v) is 9.34. The Kier molecular flexibility index (Phi) is 5.72. The number of fused-ring (bicyclic) bond motifs is 5. The fraction of sp³-hybridized carbons (Fsp3) is 0.185. The van der Waals surface area contributed by atoms with Crippen LogP contribution in [0, 0.1) is 0 Å². The molecule has 37 heavy (non-hydrogen) atoms. The number of aryl methyl sites for hydroxylation is 1. The number of hydrogen-bond acceptors (Lipinski definition) is 8. The fourth-order valence-electron chi connectivity index (χ4n) is 4.37. The van der Waals surface area contributed by atoms with E-state index in [1.165, 1.54) is 17.4 Å². The van der Waals surface area contributed by atoms with E-state index in [-0.39, 0.29) is 37.9 Å². The number of rotatable bonds is 5. The van der Waals surface area contributed by atoms with E-state index in [1.807, 2.05) is 36.4 Å². The fourth-order valence-corrected chi connectivity index (χ4v) is 5.43. The third kappa shape index (κ3) is 4.15. The van der Waals surface area contributed by atoms with Gasteiger partial charge in [0.2, 0.25) is 6.79 Å². The normalized spacial score (nSPS) is 13.1. The number of hydrogen-bond donors (Lipinski definition) is 0. The Hall–Kier alpha value is -4.44. The van der Waals surface area contributed by atoms with Gasteiger partial charge in [-0.1, -0.05) is 41.7 Å². The monoisotopic (exact) mass is 516 g/mol. The Morgan fingerprint density at radius 2 is 1.86 bits per heavy atom. The average molecular weight is 517 g/mol. The van der Waals surface area contributed by atoms with Crippen molar-refractivity contribution in [2.45, 2.75) is 19.9 Å². The number of esters is 1. The molecule has 0 fully saturated rings. The van der Waals surface area contributed by atoms with Crippen LogP contribution in [0.3, 0.4) is 0 Å². The van der Waals surface area contributed by atoms with E-state index in [1.54, 1.807) is 23.6 Å². The number of amides is 1. The Morgan fingerprint density at radius 3 is 2.70 bits per heavy atom. The maximum atomic E-state index is 13.3. The third-order valence-corrected chi connectivity index (χ3v) is 7.13. The van der Waals surface area contributed by atoms with Crippen LogP contribution in [0.5, 0.6) is 11.5 Å². The zero-order chi connectivity index (χ0) is 25.5. The largest absolute Gasteiger partial charge is 0.466 e. The number of ether oxygens (including phenoxy) is 3. The van der Waals surface area contributed by atoms with E-state index < -0.39 is 11.5 Å². The Bertz CT molecular complexity index is 1850. The molecule has 5 aromatic rings. The molecule has 9 nitrogen and oxygen atoms in total. The SMILES string of the molecule is CCOC(=O)CCn1c(=NC(=O)c2cc3c(ccc4ccccc43)oc2=O)sc2cc3c(cc21)OCO3. The van der Waals surface area contributed by atoms with Gasteiger partial charge in [0, 0.05) is 24.1 Å². The van der Waals surface area contributed by atoms with Crippen molar-refractivity contribution in [1.29, 1.82) is 0 Å². The minimum atomic E-state index is -0.767. The van der Waals surface area contributed by atoms with Gasteiger partial charge in [0.15, 0.2) is 16.3 Å². The molecule has 2 aromatic heterocycles. The van der Waals surface area contributed by atoms with Gasteiger partial charge in [0.1, 0.15) is 11.1 Å². The summed E-state index contributed by atoms with van der Waals surface area (Å²) >= 11 is 1.25. The van der Waals surface area contributed by atoms with Gasteiger partial charge in [-0.3, -0.25) is 9.59 Å². The molecular weight excluding hydrogens is 496 g/mol. The summed E-state index contributed by atoms with van der Waals surface area (Å²) in [6.07, 6.45) is 0.0829. The topological polar surface area (TPSA) is 109 Å². The summed E-state index contributed by atoms with van der Waals surface area (Å²) in [5.41, 5.74) is 0.173. The van der Waals surface area contributed by atoms with Crippen LogP contribution in [0.4, 0.5) is 0 Å². The zero-order valence-corrected chi connectivity index (χ0v) is 20.5. The van der Waals surface area contributed by atoms with Gasteiger partial charge in [0.05, 0.1) is 23.2 Å². The van der Waals surface area contributed by atoms with Crippen LogP contribution < -0.4 is 19.9 Å². The molecule has 3 heterocycles. The zero-order valence-electron chi connectivity index (χ0n) is 19.7. The van der Waals surface area contributed by atoms with Crippen LogP contribution in [-0.2, 0) is 16.1 Å².